The highest BCUT2D eigenvalue weighted by atomic mass is 16.5. The molecule has 1 fully saturated rings. The van der Waals surface area contributed by atoms with Crippen LogP contribution in [-0.4, -0.2) is 65.3 Å². The van der Waals surface area contributed by atoms with Crippen molar-refractivity contribution in [1.29, 1.82) is 0 Å². The lowest BCUT2D eigenvalue weighted by molar-refractivity contribution is -0.153. The Kier molecular flexibility index (Phi) is 7.23. The summed E-state index contributed by atoms with van der Waals surface area (Å²) in [6.45, 7) is 5.96. The average Bonchev–Trinajstić information content (AvgIpc) is 3.07. The van der Waals surface area contributed by atoms with Gasteiger partial charge in [-0.05, 0) is 25.3 Å². The van der Waals surface area contributed by atoms with E-state index in [9.17, 15) is 19.2 Å². The fourth-order valence-electron chi connectivity index (χ4n) is 5.16. The van der Waals surface area contributed by atoms with Gasteiger partial charge in [-0.1, -0.05) is 49.8 Å². The molecule has 3 amide bonds. The Labute approximate surface area is 204 Å². The Morgan fingerprint density at radius 1 is 1.03 bits per heavy atom. The van der Waals surface area contributed by atoms with Crippen molar-refractivity contribution in [3.63, 3.8) is 0 Å². The van der Waals surface area contributed by atoms with Gasteiger partial charge < -0.3 is 19.7 Å². The minimum Gasteiger partial charge on any atom is -0.489 e. The minimum atomic E-state index is -0.688. The monoisotopic (exact) mass is 481 g/mol. The Morgan fingerprint density at radius 3 is 2.40 bits per heavy atom. The van der Waals surface area contributed by atoms with E-state index in [-0.39, 0.29) is 31.1 Å². The molecule has 1 saturated carbocycles. The summed E-state index contributed by atoms with van der Waals surface area (Å²) in [4.78, 5) is 54.2. The maximum Gasteiger partial charge on any atom is 0.303 e. The number of hydrogen-bond donors (Lipinski definition) is 1. The maximum absolute atomic E-state index is 13.7. The molecule has 3 atom stereocenters. The molecule has 2 heterocycles. The van der Waals surface area contributed by atoms with E-state index in [1.165, 1.54) is 6.92 Å². The van der Waals surface area contributed by atoms with Crippen molar-refractivity contribution in [1.82, 2.24) is 15.1 Å². The zero-order valence-electron chi connectivity index (χ0n) is 20.1. The zero-order valence-corrected chi connectivity index (χ0v) is 20.1. The van der Waals surface area contributed by atoms with E-state index in [1.54, 1.807) is 11.8 Å². The van der Waals surface area contributed by atoms with Crippen molar-refractivity contribution in [2.45, 2.75) is 57.7 Å². The van der Waals surface area contributed by atoms with Gasteiger partial charge in [0, 0.05) is 18.7 Å². The van der Waals surface area contributed by atoms with Crippen LogP contribution in [0.4, 0.5) is 0 Å². The van der Waals surface area contributed by atoms with Gasteiger partial charge in [0.1, 0.15) is 0 Å². The molecule has 186 valence electrons. The third-order valence-corrected chi connectivity index (χ3v) is 6.66. The molecule has 35 heavy (non-hydrogen) atoms. The summed E-state index contributed by atoms with van der Waals surface area (Å²) in [5, 5.41) is 3.51. The van der Waals surface area contributed by atoms with Crippen LogP contribution in [0.3, 0.4) is 0 Å². The SMILES string of the molecule is C=C(C)OCC(=O)N1[C@@H]2CCCC[C@H]2NC2=C(C(=O)N(C(=O)COC(C)=O)C2)[C@H]1c1ccccc1. The minimum absolute atomic E-state index is 0.0467. The zero-order chi connectivity index (χ0) is 25.1. The Morgan fingerprint density at radius 2 is 1.71 bits per heavy atom. The van der Waals surface area contributed by atoms with Gasteiger partial charge >= 0.3 is 5.97 Å². The summed E-state index contributed by atoms with van der Waals surface area (Å²) < 4.78 is 10.3. The number of amides is 3. The van der Waals surface area contributed by atoms with Gasteiger partial charge in [0.05, 0.1) is 30.0 Å². The van der Waals surface area contributed by atoms with Crippen LogP contribution in [0.15, 0.2) is 53.9 Å². The molecule has 4 rings (SSSR count). The topological polar surface area (TPSA) is 105 Å². The van der Waals surface area contributed by atoms with Gasteiger partial charge in [-0.2, -0.15) is 0 Å². The molecule has 3 aliphatic rings. The molecule has 1 aromatic rings. The van der Waals surface area contributed by atoms with Crippen molar-refractivity contribution in [2.75, 3.05) is 19.8 Å². The highest BCUT2D eigenvalue weighted by Gasteiger charge is 2.49. The highest BCUT2D eigenvalue weighted by Crippen LogP contribution is 2.42. The van der Waals surface area contributed by atoms with Crippen LogP contribution in [-0.2, 0) is 28.7 Å². The van der Waals surface area contributed by atoms with E-state index in [4.69, 9.17) is 9.47 Å². The van der Waals surface area contributed by atoms with Gasteiger partial charge in [0.15, 0.2) is 13.2 Å². The molecule has 0 unspecified atom stereocenters. The molecule has 0 radical (unpaired) electrons. The number of rotatable bonds is 6. The van der Waals surface area contributed by atoms with Gasteiger partial charge in [-0.15, -0.1) is 0 Å². The molecular formula is C26H31N3O6. The van der Waals surface area contributed by atoms with E-state index in [1.807, 2.05) is 30.3 Å². The number of esters is 1. The summed E-state index contributed by atoms with van der Waals surface area (Å²) in [5.41, 5.74) is 1.78. The van der Waals surface area contributed by atoms with E-state index in [2.05, 4.69) is 11.9 Å². The van der Waals surface area contributed by atoms with E-state index in [0.29, 0.717) is 17.0 Å². The van der Waals surface area contributed by atoms with Crippen molar-refractivity contribution in [3.05, 3.63) is 59.5 Å². The lowest BCUT2D eigenvalue weighted by atomic mass is 9.87. The molecule has 0 aromatic heterocycles. The number of nitrogens with zero attached hydrogens (tertiary/aromatic N) is 2. The number of nitrogens with one attached hydrogen (secondary N) is 1. The van der Waals surface area contributed by atoms with Gasteiger partial charge in [-0.3, -0.25) is 24.1 Å². The molecule has 1 aliphatic carbocycles. The second kappa shape index (κ2) is 10.3. The standard InChI is InChI=1S/C26H31N3O6/c1-16(2)34-15-23(32)29-21-12-8-7-11-19(21)27-20-13-28(22(31)14-35-17(3)30)26(33)24(20)25(29)18-9-5-4-6-10-18/h4-6,9-10,19,21,25,27H,1,7-8,11-15H2,2-3H3/t19-,21-,25-/m1/s1. The average molecular weight is 482 g/mol. The second-order valence-corrected chi connectivity index (χ2v) is 9.17. The third kappa shape index (κ3) is 5.08. The van der Waals surface area contributed by atoms with Gasteiger partial charge in [0.25, 0.3) is 17.7 Å². The fourth-order valence-corrected chi connectivity index (χ4v) is 5.16. The first-order valence-electron chi connectivity index (χ1n) is 11.9. The molecule has 2 aliphatic heterocycles. The summed E-state index contributed by atoms with van der Waals surface area (Å²) in [6.07, 6.45) is 3.61. The number of ether oxygens (including phenoxy) is 2. The van der Waals surface area contributed by atoms with E-state index >= 15 is 0 Å². The summed E-state index contributed by atoms with van der Waals surface area (Å²) in [6, 6.07) is 8.48. The largest absolute Gasteiger partial charge is 0.489 e. The number of allylic oxidation sites excluding steroid dienone is 1. The molecule has 1 N–H and O–H groups in total. The number of imide groups is 1. The van der Waals surface area contributed by atoms with Crippen LogP contribution in [0.5, 0.6) is 0 Å². The smallest absolute Gasteiger partial charge is 0.303 e. The number of fused-ring (bicyclic) bond motifs is 1. The molecule has 1 aromatic carbocycles. The second-order valence-electron chi connectivity index (χ2n) is 9.17. The van der Waals surface area contributed by atoms with Crippen LogP contribution in [0, 0.1) is 0 Å². The molecule has 9 nitrogen and oxygen atoms in total. The third-order valence-electron chi connectivity index (χ3n) is 6.66. The molecular weight excluding hydrogens is 450 g/mol. The quantitative estimate of drug-likeness (QED) is 0.491. The first-order valence-corrected chi connectivity index (χ1v) is 11.9. The maximum atomic E-state index is 13.7. The highest BCUT2D eigenvalue weighted by molar-refractivity contribution is 6.09. The van der Waals surface area contributed by atoms with Crippen LogP contribution in [0.1, 0.15) is 51.1 Å². The summed E-state index contributed by atoms with van der Waals surface area (Å²) >= 11 is 0. The van der Waals surface area contributed by atoms with Crippen molar-refractivity contribution in [2.24, 2.45) is 0 Å². The predicted molar refractivity (Wildman–Crippen MR) is 126 cm³/mol. The Balaban J connectivity index is 1.77. The Hall–Kier alpha value is -3.62. The molecule has 9 heteroatoms. The van der Waals surface area contributed by atoms with E-state index in [0.717, 1.165) is 36.1 Å². The molecule has 0 bridgehead atoms. The number of benzene rings is 1. The fraction of sp³-hybridized carbons (Fsp3) is 0.462. The van der Waals surface area contributed by atoms with Crippen molar-refractivity contribution >= 4 is 23.7 Å². The Bertz CT molecular complexity index is 1070. The first-order chi connectivity index (χ1) is 16.8. The normalized spacial score (nSPS) is 23.6. The summed E-state index contributed by atoms with van der Waals surface area (Å²) in [7, 11) is 0. The number of hydrogen-bond acceptors (Lipinski definition) is 7. The number of carbonyl (C=O) groups is 4. The van der Waals surface area contributed by atoms with Crippen LogP contribution in [0.2, 0.25) is 0 Å². The van der Waals surface area contributed by atoms with Crippen molar-refractivity contribution in [3.8, 4) is 0 Å². The van der Waals surface area contributed by atoms with Crippen molar-refractivity contribution < 1.29 is 28.7 Å². The lowest BCUT2D eigenvalue weighted by Crippen LogP contribution is -2.55. The molecule has 0 spiro atoms. The van der Waals surface area contributed by atoms with Crippen LogP contribution in [0.25, 0.3) is 0 Å². The molecule has 0 saturated heterocycles. The number of carbonyl (C=O) groups excluding carboxylic acids is 4. The van der Waals surface area contributed by atoms with Crippen LogP contribution < -0.4 is 5.32 Å². The lowest BCUT2D eigenvalue weighted by Gasteiger charge is -2.43. The van der Waals surface area contributed by atoms with Gasteiger partial charge in [-0.25, -0.2) is 0 Å². The predicted octanol–water partition coefficient (Wildman–Crippen LogP) is 2.21. The van der Waals surface area contributed by atoms with E-state index < -0.39 is 30.4 Å². The van der Waals surface area contributed by atoms with Gasteiger partial charge in [0.2, 0.25) is 0 Å². The first kappa shape index (κ1) is 24.5. The van der Waals surface area contributed by atoms with Crippen LogP contribution >= 0.6 is 0 Å². The summed E-state index contributed by atoms with van der Waals surface area (Å²) in [5.74, 6) is -1.50.